The number of ether oxygens (including phenoxy) is 3. The van der Waals surface area contributed by atoms with Crippen LogP contribution in [-0.2, 0) is 22.5 Å². The lowest BCUT2D eigenvalue weighted by molar-refractivity contribution is 0.0927. The van der Waals surface area contributed by atoms with Crippen molar-refractivity contribution in [2.75, 3.05) is 27.4 Å². The van der Waals surface area contributed by atoms with Gasteiger partial charge in [0.25, 0.3) is 5.91 Å². The van der Waals surface area contributed by atoms with Crippen molar-refractivity contribution in [2.45, 2.75) is 13.0 Å². The first kappa shape index (κ1) is 25.8. The van der Waals surface area contributed by atoms with Crippen molar-refractivity contribution in [3.05, 3.63) is 107 Å². The lowest BCUT2D eigenvalue weighted by Gasteiger charge is -2.16. The number of aromatic nitrogens is 2. The summed E-state index contributed by atoms with van der Waals surface area (Å²) in [5, 5.41) is 3.51. The highest BCUT2D eigenvalue weighted by Gasteiger charge is 2.22. The lowest BCUT2D eigenvalue weighted by Crippen LogP contribution is -2.28. The first-order valence-corrected chi connectivity index (χ1v) is 11.8. The largest absolute Gasteiger partial charge is 0.504 e. The first-order chi connectivity index (χ1) is 18.1. The molecule has 2 aromatic carbocycles. The summed E-state index contributed by atoms with van der Waals surface area (Å²) in [6, 6.07) is 18.0. The lowest BCUT2D eigenvalue weighted by atomic mass is 10.0. The summed E-state index contributed by atoms with van der Waals surface area (Å²) >= 11 is 0. The summed E-state index contributed by atoms with van der Waals surface area (Å²) in [5.41, 5.74) is 3.92. The van der Waals surface area contributed by atoms with Crippen LogP contribution in [0.2, 0.25) is 0 Å². The molecule has 0 saturated heterocycles. The number of nitrogens with zero attached hydrogens (tertiary/aromatic N) is 2. The summed E-state index contributed by atoms with van der Waals surface area (Å²) in [6.07, 6.45) is 5.46. The van der Waals surface area contributed by atoms with Gasteiger partial charge in [0.2, 0.25) is 0 Å². The summed E-state index contributed by atoms with van der Waals surface area (Å²) in [7, 11) is 3.10. The van der Waals surface area contributed by atoms with Crippen LogP contribution in [-0.4, -0.2) is 43.2 Å². The zero-order valence-corrected chi connectivity index (χ0v) is 20.7. The van der Waals surface area contributed by atoms with Gasteiger partial charge >= 0.3 is 0 Å². The third kappa shape index (κ3) is 6.68. The summed E-state index contributed by atoms with van der Waals surface area (Å²) in [5.74, 6) is -0.393. The molecule has 4 rings (SSSR count). The van der Waals surface area contributed by atoms with Crippen LogP contribution in [0.15, 0.2) is 73.1 Å². The molecule has 2 heterocycles. The van der Waals surface area contributed by atoms with Crippen LogP contribution in [0, 0.1) is 5.82 Å². The van der Waals surface area contributed by atoms with Crippen molar-refractivity contribution in [1.29, 1.82) is 0 Å². The zero-order valence-electron chi connectivity index (χ0n) is 20.7. The maximum atomic E-state index is 13.4. The Bertz CT molecular complexity index is 1380. The van der Waals surface area contributed by atoms with Gasteiger partial charge in [-0.2, -0.15) is 0 Å². The van der Waals surface area contributed by atoms with E-state index in [0.717, 1.165) is 16.7 Å². The molecule has 0 aliphatic carbocycles. The summed E-state index contributed by atoms with van der Waals surface area (Å²) in [4.78, 5) is 22.5. The average Bonchev–Trinajstić information content (AvgIpc) is 2.92. The molecule has 0 atom stereocenters. The molecular weight excluding hydrogens is 473 g/mol. The Hall–Kier alpha value is -4.30. The van der Waals surface area contributed by atoms with E-state index in [9.17, 15) is 9.18 Å². The molecular formula is C29H28FN3O4. The van der Waals surface area contributed by atoms with Gasteiger partial charge in [0.1, 0.15) is 17.9 Å². The number of pyridine rings is 2. The maximum absolute atomic E-state index is 13.4. The van der Waals surface area contributed by atoms with Crippen molar-refractivity contribution in [3.63, 3.8) is 0 Å². The van der Waals surface area contributed by atoms with Crippen LogP contribution in [0.5, 0.6) is 5.75 Å². The van der Waals surface area contributed by atoms with Gasteiger partial charge in [-0.1, -0.05) is 42.5 Å². The fourth-order valence-electron chi connectivity index (χ4n) is 3.79. The Morgan fingerprint density at radius 3 is 2.54 bits per heavy atom. The van der Waals surface area contributed by atoms with Crippen LogP contribution in [0.3, 0.4) is 0 Å². The normalized spacial score (nSPS) is 11.1. The molecule has 0 spiro atoms. The van der Waals surface area contributed by atoms with Crippen LogP contribution < -0.4 is 10.1 Å². The van der Waals surface area contributed by atoms with E-state index in [1.165, 1.54) is 25.5 Å². The average molecular weight is 502 g/mol. The highest BCUT2D eigenvalue weighted by Crippen LogP contribution is 2.32. The Balaban J connectivity index is 1.79. The Kier molecular flexibility index (Phi) is 8.78. The van der Waals surface area contributed by atoms with E-state index in [2.05, 4.69) is 10.3 Å². The Labute approximate surface area is 214 Å². The second kappa shape index (κ2) is 12.6. The van der Waals surface area contributed by atoms with E-state index in [0.29, 0.717) is 36.2 Å². The monoisotopic (exact) mass is 501 g/mol. The van der Waals surface area contributed by atoms with Gasteiger partial charge in [-0.15, -0.1) is 0 Å². The molecule has 7 nitrogen and oxygen atoms in total. The van der Waals surface area contributed by atoms with E-state index in [1.807, 2.05) is 36.4 Å². The number of methoxy groups -OCH3 is 2. The molecule has 2 aromatic heterocycles. The van der Waals surface area contributed by atoms with E-state index in [4.69, 9.17) is 19.2 Å². The number of carbonyl (C=O) groups excluding carboxylic acids is 1. The number of nitrogens with one attached hydrogen (secondary N) is 1. The van der Waals surface area contributed by atoms with Crippen LogP contribution >= 0.6 is 0 Å². The minimum absolute atomic E-state index is 0.120. The van der Waals surface area contributed by atoms with Gasteiger partial charge in [0, 0.05) is 25.2 Å². The standard InChI is InChI=1S/C29H28FN3O4/c1-35-14-12-25-24-17-22(16-20-8-10-23(30)11-9-20)18-32-26(24)28(37-19-21-6-4-3-5-7-21)27(33-25)29(34)31-13-15-36-2/h3-12,14,17-18H,13,15-16,19H2,1-2H3,(H,31,34). The molecule has 1 amide bonds. The van der Waals surface area contributed by atoms with Gasteiger partial charge in [-0.05, 0) is 47.4 Å². The molecule has 0 saturated carbocycles. The van der Waals surface area contributed by atoms with Crippen LogP contribution in [0.4, 0.5) is 4.39 Å². The van der Waals surface area contributed by atoms with Crippen LogP contribution in [0.25, 0.3) is 17.0 Å². The molecule has 4 aromatic rings. The molecule has 0 bridgehead atoms. The number of hydrogen-bond acceptors (Lipinski definition) is 6. The van der Waals surface area contributed by atoms with Crippen LogP contribution in [0.1, 0.15) is 32.9 Å². The minimum atomic E-state index is -0.397. The topological polar surface area (TPSA) is 82.6 Å². The van der Waals surface area contributed by atoms with Gasteiger partial charge in [-0.3, -0.25) is 9.78 Å². The third-order valence-electron chi connectivity index (χ3n) is 5.60. The fourth-order valence-corrected chi connectivity index (χ4v) is 3.79. The van der Waals surface area contributed by atoms with Gasteiger partial charge < -0.3 is 19.5 Å². The van der Waals surface area contributed by atoms with Crippen molar-refractivity contribution in [2.24, 2.45) is 0 Å². The molecule has 190 valence electrons. The second-order valence-electron chi connectivity index (χ2n) is 8.28. The second-order valence-corrected chi connectivity index (χ2v) is 8.28. The number of amides is 1. The third-order valence-corrected chi connectivity index (χ3v) is 5.60. The van der Waals surface area contributed by atoms with Gasteiger partial charge in [0.05, 0.1) is 25.7 Å². The van der Waals surface area contributed by atoms with E-state index in [-0.39, 0.29) is 23.9 Å². The van der Waals surface area contributed by atoms with Crippen molar-refractivity contribution >= 4 is 22.9 Å². The molecule has 37 heavy (non-hydrogen) atoms. The fraction of sp³-hybridized carbons (Fsp3) is 0.207. The SMILES string of the molecule is COC=Cc1nc(C(=O)NCCOC)c(OCc2ccccc2)c2ncc(Cc3ccc(F)cc3)cc12. The number of carbonyl (C=O) groups is 1. The highest BCUT2D eigenvalue weighted by atomic mass is 19.1. The zero-order chi connectivity index (χ0) is 26.0. The Morgan fingerprint density at radius 2 is 1.81 bits per heavy atom. The van der Waals surface area contributed by atoms with E-state index >= 15 is 0 Å². The molecule has 8 heteroatoms. The van der Waals surface area contributed by atoms with Gasteiger partial charge in [-0.25, -0.2) is 9.37 Å². The number of rotatable bonds is 11. The molecule has 0 aliphatic rings. The predicted octanol–water partition coefficient (Wildman–Crippen LogP) is 4.93. The van der Waals surface area contributed by atoms with Gasteiger partial charge in [0.15, 0.2) is 11.4 Å². The minimum Gasteiger partial charge on any atom is -0.504 e. The molecule has 1 N–H and O–H groups in total. The maximum Gasteiger partial charge on any atom is 0.273 e. The molecule has 0 aliphatic heterocycles. The number of fused-ring (bicyclic) bond motifs is 1. The van der Waals surface area contributed by atoms with Crippen molar-refractivity contribution < 1.29 is 23.4 Å². The van der Waals surface area contributed by atoms with E-state index < -0.39 is 5.91 Å². The first-order valence-electron chi connectivity index (χ1n) is 11.8. The summed E-state index contributed by atoms with van der Waals surface area (Å²) in [6.45, 7) is 0.920. The van der Waals surface area contributed by atoms with E-state index in [1.54, 1.807) is 31.5 Å². The number of halogens is 1. The highest BCUT2D eigenvalue weighted by molar-refractivity contribution is 6.02. The molecule has 0 fully saturated rings. The van der Waals surface area contributed by atoms with Crippen molar-refractivity contribution in [3.8, 4) is 5.75 Å². The summed E-state index contributed by atoms with van der Waals surface area (Å²) < 4.78 is 29.7. The smallest absolute Gasteiger partial charge is 0.273 e. The Morgan fingerprint density at radius 1 is 1.03 bits per heavy atom. The van der Waals surface area contributed by atoms with Crippen molar-refractivity contribution in [1.82, 2.24) is 15.3 Å². The quantitative estimate of drug-likeness (QED) is 0.232. The predicted molar refractivity (Wildman–Crippen MR) is 140 cm³/mol. The molecule has 0 unspecified atom stereocenters. The number of hydrogen-bond donors (Lipinski definition) is 1. The number of benzene rings is 2. The molecule has 0 radical (unpaired) electrons.